The van der Waals surface area contributed by atoms with Crippen LogP contribution in [0.15, 0.2) is 6.07 Å². The molecule has 0 amide bonds. The van der Waals surface area contributed by atoms with Crippen LogP contribution in [0.1, 0.15) is 30.0 Å². The molecule has 1 atom stereocenters. The summed E-state index contributed by atoms with van der Waals surface area (Å²) in [6, 6.07) is 1.67. The molecule has 1 unspecified atom stereocenters. The predicted octanol–water partition coefficient (Wildman–Crippen LogP) is 2.18. The van der Waals surface area contributed by atoms with Crippen LogP contribution < -0.4 is 4.74 Å². The van der Waals surface area contributed by atoms with E-state index in [4.69, 9.17) is 9.84 Å². The molecular weight excluding hydrogens is 220 g/mol. The maximum Gasteiger partial charge on any atom is 0.347 e. The molecule has 1 heterocycles. The van der Waals surface area contributed by atoms with Gasteiger partial charge in [0.05, 0.1) is 0 Å². The van der Waals surface area contributed by atoms with Crippen molar-refractivity contribution in [3.63, 3.8) is 0 Å². The summed E-state index contributed by atoms with van der Waals surface area (Å²) >= 11 is 0. The predicted molar refractivity (Wildman–Crippen MR) is 62.6 cm³/mol. The minimum absolute atomic E-state index is 0.240. The lowest BCUT2D eigenvalue weighted by Crippen LogP contribution is -2.44. The zero-order valence-electron chi connectivity index (χ0n) is 10.2. The first-order valence-corrected chi connectivity index (χ1v) is 5.59. The number of aliphatic carboxylic acids is 1. The molecule has 92 valence electrons. The van der Waals surface area contributed by atoms with Gasteiger partial charge in [0, 0.05) is 6.42 Å². The van der Waals surface area contributed by atoms with Crippen molar-refractivity contribution in [3.8, 4) is 11.5 Å². The number of benzene rings is 1. The molecular formula is C13H16O4. The Kier molecular flexibility index (Phi) is 2.53. The smallest absolute Gasteiger partial charge is 0.347 e. The number of aryl methyl sites for hydroxylation is 1. The molecule has 1 aliphatic rings. The van der Waals surface area contributed by atoms with Crippen molar-refractivity contribution in [1.82, 2.24) is 0 Å². The molecule has 0 spiro atoms. The summed E-state index contributed by atoms with van der Waals surface area (Å²) < 4.78 is 5.64. The van der Waals surface area contributed by atoms with Gasteiger partial charge in [0.25, 0.3) is 0 Å². The molecule has 4 nitrogen and oxygen atoms in total. The molecule has 1 aromatic rings. The number of aromatic hydroxyl groups is 1. The minimum Gasteiger partial charge on any atom is -0.508 e. The topological polar surface area (TPSA) is 66.8 Å². The molecule has 1 aromatic carbocycles. The van der Waals surface area contributed by atoms with Crippen LogP contribution in [-0.4, -0.2) is 21.8 Å². The highest BCUT2D eigenvalue weighted by Crippen LogP contribution is 2.40. The van der Waals surface area contributed by atoms with Crippen LogP contribution >= 0.6 is 0 Å². The standard InChI is InChI=1S/C13H16O4/c1-7-8(2)11-9(6-10(7)14)4-5-13(3,17-11)12(15)16/h6,14H,4-5H2,1-3H3,(H,15,16). The molecule has 0 bridgehead atoms. The second-order valence-electron chi connectivity index (χ2n) is 4.77. The SMILES string of the molecule is Cc1c(O)cc2c(c1C)OC(C)(C(=O)O)CC2. The van der Waals surface area contributed by atoms with Gasteiger partial charge < -0.3 is 14.9 Å². The molecule has 2 rings (SSSR count). The van der Waals surface area contributed by atoms with E-state index in [1.807, 2.05) is 6.92 Å². The zero-order valence-corrected chi connectivity index (χ0v) is 10.2. The van der Waals surface area contributed by atoms with E-state index in [0.29, 0.717) is 18.6 Å². The molecule has 1 aliphatic heterocycles. The molecule has 0 aromatic heterocycles. The summed E-state index contributed by atoms with van der Waals surface area (Å²) in [6.07, 6.45) is 1.02. The van der Waals surface area contributed by atoms with Crippen molar-refractivity contribution in [2.75, 3.05) is 0 Å². The van der Waals surface area contributed by atoms with Crippen molar-refractivity contribution in [2.24, 2.45) is 0 Å². The van der Waals surface area contributed by atoms with Gasteiger partial charge in [-0.3, -0.25) is 0 Å². The van der Waals surface area contributed by atoms with Crippen LogP contribution in [0, 0.1) is 13.8 Å². The first kappa shape index (κ1) is 11.8. The van der Waals surface area contributed by atoms with Crippen LogP contribution in [0.3, 0.4) is 0 Å². The average Bonchev–Trinajstić information content (AvgIpc) is 2.27. The summed E-state index contributed by atoms with van der Waals surface area (Å²) in [5.74, 6) is -0.103. The van der Waals surface area contributed by atoms with Gasteiger partial charge in [0.15, 0.2) is 0 Å². The van der Waals surface area contributed by atoms with Crippen LogP contribution in [-0.2, 0) is 11.2 Å². The number of carboxylic acids is 1. The minimum atomic E-state index is -1.17. The van der Waals surface area contributed by atoms with Crippen LogP contribution in [0.5, 0.6) is 11.5 Å². The van der Waals surface area contributed by atoms with E-state index in [2.05, 4.69) is 0 Å². The highest BCUT2D eigenvalue weighted by Gasteiger charge is 2.39. The normalized spacial score (nSPS) is 22.8. The Balaban J connectivity index is 2.52. The molecule has 0 saturated heterocycles. The van der Waals surface area contributed by atoms with Crippen molar-refractivity contribution >= 4 is 5.97 Å². The fourth-order valence-corrected chi connectivity index (χ4v) is 2.07. The Bertz CT molecular complexity index is 493. The summed E-state index contributed by atoms with van der Waals surface area (Å²) in [4.78, 5) is 11.2. The Hall–Kier alpha value is -1.71. The largest absolute Gasteiger partial charge is 0.508 e. The number of ether oxygens (including phenoxy) is 1. The number of phenols is 1. The zero-order chi connectivity index (χ0) is 12.8. The molecule has 0 saturated carbocycles. The number of fused-ring (bicyclic) bond motifs is 1. The average molecular weight is 236 g/mol. The number of rotatable bonds is 1. The number of hydrogen-bond donors (Lipinski definition) is 2. The van der Waals surface area contributed by atoms with Crippen molar-refractivity contribution in [1.29, 1.82) is 0 Å². The highest BCUT2D eigenvalue weighted by molar-refractivity contribution is 5.78. The molecule has 0 radical (unpaired) electrons. The fourth-order valence-electron chi connectivity index (χ4n) is 2.07. The van der Waals surface area contributed by atoms with E-state index in [0.717, 1.165) is 16.7 Å². The van der Waals surface area contributed by atoms with E-state index < -0.39 is 11.6 Å². The van der Waals surface area contributed by atoms with Gasteiger partial charge in [-0.2, -0.15) is 0 Å². The van der Waals surface area contributed by atoms with Crippen LogP contribution in [0.2, 0.25) is 0 Å². The van der Waals surface area contributed by atoms with Crippen molar-refractivity contribution in [3.05, 3.63) is 22.8 Å². The van der Waals surface area contributed by atoms with Gasteiger partial charge >= 0.3 is 5.97 Å². The van der Waals surface area contributed by atoms with Crippen molar-refractivity contribution < 1.29 is 19.7 Å². The van der Waals surface area contributed by atoms with Gasteiger partial charge in [-0.15, -0.1) is 0 Å². The number of phenolic OH excluding ortho intramolecular Hbond substituents is 1. The maximum absolute atomic E-state index is 11.2. The molecule has 0 fully saturated rings. The third-order valence-corrected chi connectivity index (χ3v) is 3.54. The monoisotopic (exact) mass is 236 g/mol. The quantitative estimate of drug-likeness (QED) is 0.784. The van der Waals surface area contributed by atoms with E-state index in [1.165, 1.54) is 0 Å². The summed E-state index contributed by atoms with van der Waals surface area (Å²) in [6.45, 7) is 5.21. The molecule has 4 heteroatoms. The maximum atomic E-state index is 11.2. The molecule has 17 heavy (non-hydrogen) atoms. The lowest BCUT2D eigenvalue weighted by atomic mass is 9.90. The second-order valence-corrected chi connectivity index (χ2v) is 4.77. The first-order valence-electron chi connectivity index (χ1n) is 5.59. The Morgan fingerprint density at radius 2 is 2.06 bits per heavy atom. The van der Waals surface area contributed by atoms with Gasteiger partial charge in [0.1, 0.15) is 11.5 Å². The first-order chi connectivity index (χ1) is 7.85. The van der Waals surface area contributed by atoms with Gasteiger partial charge in [-0.05, 0) is 49.9 Å². The number of hydrogen-bond acceptors (Lipinski definition) is 3. The Labute approximate surface area is 99.8 Å². The van der Waals surface area contributed by atoms with Gasteiger partial charge in [-0.25, -0.2) is 4.79 Å². The van der Waals surface area contributed by atoms with E-state index in [-0.39, 0.29) is 5.75 Å². The molecule has 2 N–H and O–H groups in total. The van der Waals surface area contributed by atoms with Gasteiger partial charge in [-0.1, -0.05) is 0 Å². The number of carbonyl (C=O) groups is 1. The third kappa shape index (κ3) is 1.73. The Morgan fingerprint density at radius 3 is 2.65 bits per heavy atom. The fraction of sp³-hybridized carbons (Fsp3) is 0.462. The Morgan fingerprint density at radius 1 is 1.41 bits per heavy atom. The van der Waals surface area contributed by atoms with E-state index >= 15 is 0 Å². The summed E-state index contributed by atoms with van der Waals surface area (Å²) in [7, 11) is 0. The molecule has 0 aliphatic carbocycles. The van der Waals surface area contributed by atoms with Crippen LogP contribution in [0.25, 0.3) is 0 Å². The summed E-state index contributed by atoms with van der Waals surface area (Å²) in [5, 5.41) is 18.9. The lowest BCUT2D eigenvalue weighted by Gasteiger charge is -2.33. The second kappa shape index (κ2) is 3.65. The summed E-state index contributed by atoms with van der Waals surface area (Å²) in [5.41, 5.74) is 1.26. The van der Waals surface area contributed by atoms with Gasteiger partial charge in [0.2, 0.25) is 5.60 Å². The highest BCUT2D eigenvalue weighted by atomic mass is 16.5. The van der Waals surface area contributed by atoms with Crippen LogP contribution in [0.4, 0.5) is 0 Å². The third-order valence-electron chi connectivity index (χ3n) is 3.54. The van der Waals surface area contributed by atoms with E-state index in [1.54, 1.807) is 19.9 Å². The number of carboxylic acid groups (broad SMARTS) is 1. The lowest BCUT2D eigenvalue weighted by molar-refractivity contribution is -0.155. The van der Waals surface area contributed by atoms with Crippen molar-refractivity contribution in [2.45, 2.75) is 39.2 Å². The van der Waals surface area contributed by atoms with E-state index in [9.17, 15) is 9.90 Å².